The van der Waals surface area contributed by atoms with Gasteiger partial charge in [0.2, 0.25) is 5.90 Å². The van der Waals surface area contributed by atoms with Gasteiger partial charge in [-0.3, -0.25) is 9.55 Å². The van der Waals surface area contributed by atoms with E-state index in [1.54, 1.807) is 6.92 Å². The highest BCUT2D eigenvalue weighted by molar-refractivity contribution is 7.80. The van der Waals surface area contributed by atoms with Crippen molar-refractivity contribution in [3.8, 4) is 0 Å². The first kappa shape index (κ1) is 25.8. The number of ether oxygens (including phenoxy) is 1. The lowest BCUT2D eigenvalue weighted by Gasteiger charge is -2.31. The second kappa shape index (κ2) is 13.2. The summed E-state index contributed by atoms with van der Waals surface area (Å²) in [5, 5.41) is 0. The molecule has 1 aromatic rings. The van der Waals surface area contributed by atoms with E-state index < -0.39 is 16.5 Å². The molecule has 7 heteroatoms. The van der Waals surface area contributed by atoms with E-state index in [-0.39, 0.29) is 12.0 Å². The summed E-state index contributed by atoms with van der Waals surface area (Å²) in [4.78, 5) is 4.65. The van der Waals surface area contributed by atoms with Crippen LogP contribution in [0.2, 0.25) is 0 Å². The van der Waals surface area contributed by atoms with Crippen molar-refractivity contribution < 1.29 is 21.9 Å². The second-order valence-corrected chi connectivity index (χ2v) is 9.62. The van der Waals surface area contributed by atoms with Crippen molar-refractivity contribution in [1.29, 1.82) is 0 Å². The first-order valence-electron chi connectivity index (χ1n) is 11.8. The summed E-state index contributed by atoms with van der Waals surface area (Å²) < 4.78 is 42.9. The van der Waals surface area contributed by atoms with Gasteiger partial charge in [0.25, 0.3) is 0 Å². The molecule has 176 valence electrons. The number of hydrogen-bond acceptors (Lipinski definition) is 5. The first-order chi connectivity index (χ1) is 14.8. The topological polar surface area (TPSA) is 85.2 Å². The highest BCUT2D eigenvalue weighted by Gasteiger charge is 2.29. The Morgan fingerprint density at radius 1 is 1.06 bits per heavy atom. The van der Waals surface area contributed by atoms with Gasteiger partial charge in [0.15, 0.2) is 0 Å². The van der Waals surface area contributed by atoms with Crippen LogP contribution < -0.4 is 0 Å². The maximum absolute atomic E-state index is 11.2. The molecule has 1 aliphatic heterocycles. The van der Waals surface area contributed by atoms with Crippen LogP contribution in [0, 0.1) is 5.92 Å². The predicted octanol–water partition coefficient (Wildman–Crippen LogP) is 5.75. The van der Waals surface area contributed by atoms with Crippen LogP contribution in [-0.4, -0.2) is 37.6 Å². The van der Waals surface area contributed by atoms with Crippen LogP contribution >= 0.6 is 0 Å². The number of nitrogens with zero attached hydrogens (tertiary/aromatic N) is 1. The third-order valence-corrected chi connectivity index (χ3v) is 6.45. The summed E-state index contributed by atoms with van der Waals surface area (Å²) in [5.74, 6) is 0.919. The maximum Gasteiger partial charge on any atom is 0.397 e. The molecule has 0 aromatic heterocycles. The van der Waals surface area contributed by atoms with Crippen molar-refractivity contribution in [3.63, 3.8) is 0 Å². The van der Waals surface area contributed by atoms with Gasteiger partial charge in [0.05, 0.1) is 6.10 Å². The van der Waals surface area contributed by atoms with Gasteiger partial charge in [-0.1, -0.05) is 70.6 Å². The molecule has 0 bridgehead atoms. The Kier molecular flexibility index (Phi) is 11.0. The predicted molar refractivity (Wildman–Crippen MR) is 125 cm³/mol. The Labute approximate surface area is 188 Å². The summed E-state index contributed by atoms with van der Waals surface area (Å²) in [6, 6.07) is 8.15. The zero-order chi connectivity index (χ0) is 22.7. The van der Waals surface area contributed by atoms with E-state index in [0.717, 1.165) is 44.1 Å². The third kappa shape index (κ3) is 9.29. The highest BCUT2D eigenvalue weighted by Crippen LogP contribution is 2.29. The third-order valence-electron chi connectivity index (χ3n) is 5.88. The largest absolute Gasteiger partial charge is 0.474 e. The van der Waals surface area contributed by atoms with E-state index in [0.29, 0.717) is 18.9 Å². The summed E-state index contributed by atoms with van der Waals surface area (Å²) in [6.45, 7) is 6.73. The number of benzene rings is 1. The van der Waals surface area contributed by atoms with Gasteiger partial charge in [0.1, 0.15) is 6.10 Å². The van der Waals surface area contributed by atoms with Crippen LogP contribution in [0.5, 0.6) is 0 Å². The van der Waals surface area contributed by atoms with Crippen molar-refractivity contribution in [2.24, 2.45) is 10.9 Å². The summed E-state index contributed by atoms with van der Waals surface area (Å²) in [5.41, 5.74) is 2.24. The molecule has 0 amide bonds. The molecule has 31 heavy (non-hydrogen) atoms. The fraction of sp³-hybridized carbons (Fsp3) is 0.708. The molecule has 1 heterocycles. The van der Waals surface area contributed by atoms with Crippen LogP contribution in [0.25, 0.3) is 0 Å². The molecular weight excluding hydrogens is 414 g/mol. The molecule has 1 N–H and O–H groups in total. The van der Waals surface area contributed by atoms with Crippen LogP contribution in [0.4, 0.5) is 0 Å². The number of unbranched alkanes of at least 4 members (excludes halogenated alkanes) is 4. The number of aliphatic imine (C=N–C) groups is 1. The standard InChI is InChI=1S/C24H39NO5S/c1-4-6-8-9-14-21(12-7-5-2)23(18-19(3)30-31(26,27)28)29-24-22-15-11-10-13-20(22)16-17-25-24/h10-11,13,15,19,21,23H,4-9,12,14,16-18H2,1-3H3,(H,26,27,28). The van der Waals surface area contributed by atoms with E-state index in [1.807, 2.05) is 18.2 Å². The average Bonchev–Trinajstić information content (AvgIpc) is 2.72. The Bertz CT molecular complexity index is 793. The molecule has 0 aliphatic carbocycles. The van der Waals surface area contributed by atoms with E-state index in [1.165, 1.54) is 24.8 Å². The van der Waals surface area contributed by atoms with Gasteiger partial charge in [-0.2, -0.15) is 8.42 Å². The molecular formula is C24H39NO5S. The molecule has 0 radical (unpaired) electrons. The molecule has 0 saturated carbocycles. The van der Waals surface area contributed by atoms with Crippen molar-refractivity contribution in [2.45, 2.75) is 97.2 Å². The highest BCUT2D eigenvalue weighted by atomic mass is 32.3. The Morgan fingerprint density at radius 3 is 2.48 bits per heavy atom. The normalized spacial score (nSPS) is 16.8. The van der Waals surface area contributed by atoms with Crippen LogP contribution in [0.15, 0.2) is 29.3 Å². The van der Waals surface area contributed by atoms with Crippen LogP contribution in [-0.2, 0) is 25.7 Å². The first-order valence-corrected chi connectivity index (χ1v) is 13.2. The smallest absolute Gasteiger partial charge is 0.397 e. The van der Waals surface area contributed by atoms with Crippen molar-refractivity contribution in [2.75, 3.05) is 6.54 Å². The van der Waals surface area contributed by atoms with Gasteiger partial charge in [-0.05, 0) is 43.7 Å². The Hall–Kier alpha value is -1.44. The molecule has 3 atom stereocenters. The molecule has 0 saturated heterocycles. The van der Waals surface area contributed by atoms with E-state index >= 15 is 0 Å². The average molecular weight is 454 g/mol. The Balaban J connectivity index is 2.21. The van der Waals surface area contributed by atoms with E-state index in [9.17, 15) is 8.42 Å². The summed E-state index contributed by atoms with van der Waals surface area (Å²) >= 11 is 0. The zero-order valence-electron chi connectivity index (χ0n) is 19.3. The lowest BCUT2D eigenvalue weighted by molar-refractivity contribution is 0.0581. The lowest BCUT2D eigenvalue weighted by atomic mass is 9.87. The van der Waals surface area contributed by atoms with Crippen molar-refractivity contribution in [1.82, 2.24) is 0 Å². The number of hydrogen-bond donors (Lipinski definition) is 1. The van der Waals surface area contributed by atoms with Gasteiger partial charge in [-0.15, -0.1) is 0 Å². The zero-order valence-corrected chi connectivity index (χ0v) is 20.1. The minimum absolute atomic E-state index is 0.227. The summed E-state index contributed by atoms with van der Waals surface area (Å²) in [6.07, 6.45) is 9.31. The number of fused-ring (bicyclic) bond motifs is 1. The fourth-order valence-electron chi connectivity index (χ4n) is 4.28. The monoisotopic (exact) mass is 453 g/mol. The van der Waals surface area contributed by atoms with Gasteiger partial charge >= 0.3 is 10.4 Å². The summed E-state index contributed by atoms with van der Waals surface area (Å²) in [7, 11) is -4.50. The van der Waals surface area contributed by atoms with Crippen LogP contribution in [0.3, 0.4) is 0 Å². The molecule has 6 nitrogen and oxygen atoms in total. The molecule has 2 rings (SSSR count). The maximum atomic E-state index is 11.2. The second-order valence-electron chi connectivity index (χ2n) is 8.57. The number of rotatable bonds is 14. The fourth-order valence-corrected chi connectivity index (χ4v) is 4.77. The molecule has 0 fully saturated rings. The molecule has 1 aliphatic rings. The van der Waals surface area contributed by atoms with Gasteiger partial charge < -0.3 is 4.74 Å². The van der Waals surface area contributed by atoms with Gasteiger partial charge in [0, 0.05) is 18.5 Å². The minimum Gasteiger partial charge on any atom is -0.474 e. The van der Waals surface area contributed by atoms with Crippen molar-refractivity contribution in [3.05, 3.63) is 35.4 Å². The molecule has 0 spiro atoms. The Morgan fingerprint density at radius 2 is 1.77 bits per heavy atom. The van der Waals surface area contributed by atoms with E-state index in [2.05, 4.69) is 24.9 Å². The molecule has 1 aromatic carbocycles. The molecule has 3 unspecified atom stereocenters. The SMILES string of the molecule is CCCCCCC(CCCC)C(CC(C)OS(=O)(=O)O)OC1=NCCc2ccccc21. The van der Waals surface area contributed by atoms with Crippen LogP contribution in [0.1, 0.15) is 89.7 Å². The minimum atomic E-state index is -4.50. The van der Waals surface area contributed by atoms with Crippen molar-refractivity contribution >= 4 is 16.3 Å². The van der Waals surface area contributed by atoms with Gasteiger partial charge in [-0.25, -0.2) is 4.18 Å². The van der Waals surface area contributed by atoms with E-state index in [4.69, 9.17) is 13.5 Å². The quantitative estimate of drug-likeness (QED) is 0.286. The lowest BCUT2D eigenvalue weighted by Crippen LogP contribution is -2.33.